The van der Waals surface area contributed by atoms with Gasteiger partial charge in [0, 0.05) is 43.9 Å². The van der Waals surface area contributed by atoms with Gasteiger partial charge in [0.05, 0.1) is 0 Å². The van der Waals surface area contributed by atoms with Gasteiger partial charge in [0.25, 0.3) is 0 Å². The van der Waals surface area contributed by atoms with E-state index in [0.29, 0.717) is 12.0 Å². The molecule has 25 heavy (non-hydrogen) atoms. The van der Waals surface area contributed by atoms with Gasteiger partial charge in [0.15, 0.2) is 0 Å². The van der Waals surface area contributed by atoms with E-state index < -0.39 is 0 Å². The van der Waals surface area contributed by atoms with Crippen molar-refractivity contribution < 1.29 is 4.39 Å². The number of piperazine rings is 1. The number of nitrogens with zero attached hydrogens (tertiary/aromatic N) is 2. The zero-order chi connectivity index (χ0) is 17.4. The summed E-state index contributed by atoms with van der Waals surface area (Å²) in [5.74, 6) is 0.960. The number of hydrogen-bond acceptors (Lipinski definition) is 3. The van der Waals surface area contributed by atoms with Crippen molar-refractivity contribution >= 4 is 12.6 Å². The lowest BCUT2D eigenvalue weighted by Crippen LogP contribution is -2.45. The molecule has 0 N–H and O–H groups in total. The maximum absolute atomic E-state index is 13.4. The van der Waals surface area contributed by atoms with Crippen LogP contribution in [0.5, 0.6) is 0 Å². The smallest absolute Gasteiger partial charge is 0.123 e. The predicted octanol–water partition coefficient (Wildman–Crippen LogP) is 4.08. The van der Waals surface area contributed by atoms with Crippen LogP contribution < -0.4 is 0 Å². The fourth-order valence-corrected chi connectivity index (χ4v) is 4.49. The second-order valence-electron chi connectivity index (χ2n) is 7.32. The number of benzene rings is 2. The number of rotatable bonds is 3. The first kappa shape index (κ1) is 17.1. The highest BCUT2D eigenvalue weighted by Gasteiger charge is 2.36. The lowest BCUT2D eigenvalue weighted by Gasteiger charge is -2.37. The summed E-state index contributed by atoms with van der Waals surface area (Å²) >= 11 is 4.46. The second kappa shape index (κ2) is 7.10. The summed E-state index contributed by atoms with van der Waals surface area (Å²) in [5.41, 5.74) is 5.35. The van der Waals surface area contributed by atoms with Crippen molar-refractivity contribution in [2.45, 2.75) is 24.1 Å². The van der Waals surface area contributed by atoms with Gasteiger partial charge in [-0.15, -0.1) is 0 Å². The lowest BCUT2D eigenvalue weighted by molar-refractivity contribution is 0.110. The summed E-state index contributed by atoms with van der Waals surface area (Å²) in [7, 11) is 2.19. The molecule has 4 rings (SSSR count). The molecule has 0 saturated carbocycles. The largest absolute Gasteiger partial charge is 0.304 e. The Bertz CT molecular complexity index is 738. The average molecular weight is 357 g/mol. The number of fused-ring (bicyclic) bond motifs is 1. The Kier molecular flexibility index (Phi) is 4.85. The molecule has 0 amide bonds. The molecule has 0 aromatic heterocycles. The number of halogens is 1. The van der Waals surface area contributed by atoms with E-state index in [1.807, 2.05) is 12.1 Å². The monoisotopic (exact) mass is 356 g/mol. The summed E-state index contributed by atoms with van der Waals surface area (Å²) in [6.45, 7) is 4.47. The standard InChI is InChI=1S/C21H25FN2S/c1-23-8-10-24(11-9-23)21-13-19(16-3-5-17(22)6-4-16)18-7-2-15(14-25)12-20(18)21/h2-7,12,19,21,25H,8-11,13-14H2,1H3. The van der Waals surface area contributed by atoms with Gasteiger partial charge >= 0.3 is 0 Å². The third-order valence-electron chi connectivity index (χ3n) is 5.78. The van der Waals surface area contributed by atoms with Crippen LogP contribution in [0, 0.1) is 5.82 Å². The quantitative estimate of drug-likeness (QED) is 0.828. The van der Waals surface area contributed by atoms with Crippen molar-refractivity contribution in [3.05, 3.63) is 70.5 Å². The highest BCUT2D eigenvalue weighted by Crippen LogP contribution is 2.47. The fraction of sp³-hybridized carbons (Fsp3) is 0.429. The van der Waals surface area contributed by atoms with Gasteiger partial charge in [-0.1, -0.05) is 30.3 Å². The minimum Gasteiger partial charge on any atom is -0.304 e. The third kappa shape index (κ3) is 3.35. The first-order valence-electron chi connectivity index (χ1n) is 9.07. The molecule has 2 nitrogen and oxygen atoms in total. The summed E-state index contributed by atoms with van der Waals surface area (Å²) in [6, 6.07) is 14.3. The molecule has 1 saturated heterocycles. The van der Waals surface area contributed by atoms with E-state index in [1.54, 1.807) is 12.1 Å². The van der Waals surface area contributed by atoms with Gasteiger partial charge < -0.3 is 4.90 Å². The summed E-state index contributed by atoms with van der Waals surface area (Å²) in [6.07, 6.45) is 1.08. The molecule has 2 atom stereocenters. The van der Waals surface area contributed by atoms with Crippen LogP contribution in [0.1, 0.15) is 40.6 Å². The Morgan fingerprint density at radius 3 is 2.40 bits per heavy atom. The van der Waals surface area contributed by atoms with E-state index in [1.165, 1.54) is 22.3 Å². The van der Waals surface area contributed by atoms with Crippen LogP contribution in [-0.4, -0.2) is 43.0 Å². The maximum atomic E-state index is 13.4. The van der Waals surface area contributed by atoms with E-state index >= 15 is 0 Å². The topological polar surface area (TPSA) is 6.48 Å². The first-order valence-corrected chi connectivity index (χ1v) is 9.70. The van der Waals surface area contributed by atoms with Gasteiger partial charge in [-0.2, -0.15) is 12.6 Å². The van der Waals surface area contributed by atoms with Gasteiger partial charge in [0.2, 0.25) is 0 Å². The Morgan fingerprint density at radius 1 is 1.00 bits per heavy atom. The fourth-order valence-electron chi connectivity index (χ4n) is 4.30. The van der Waals surface area contributed by atoms with Crippen LogP contribution in [0.25, 0.3) is 0 Å². The molecule has 0 bridgehead atoms. The van der Waals surface area contributed by atoms with E-state index in [9.17, 15) is 4.39 Å². The predicted molar refractivity (Wildman–Crippen MR) is 104 cm³/mol. The molecule has 2 aromatic carbocycles. The minimum atomic E-state index is -0.164. The lowest BCUT2D eigenvalue weighted by atomic mass is 9.92. The van der Waals surface area contributed by atoms with Crippen molar-refractivity contribution in [3.8, 4) is 0 Å². The van der Waals surface area contributed by atoms with Gasteiger partial charge in [-0.25, -0.2) is 4.39 Å². The summed E-state index contributed by atoms with van der Waals surface area (Å²) in [5, 5.41) is 0. The van der Waals surface area contributed by atoms with E-state index in [2.05, 4.69) is 47.7 Å². The van der Waals surface area contributed by atoms with Gasteiger partial charge in [-0.05, 0) is 47.9 Å². The highest BCUT2D eigenvalue weighted by molar-refractivity contribution is 7.79. The van der Waals surface area contributed by atoms with Crippen LogP contribution in [-0.2, 0) is 5.75 Å². The SMILES string of the molecule is CN1CCN(C2CC(c3ccc(F)cc3)c3ccc(CS)cc32)CC1. The highest BCUT2D eigenvalue weighted by atomic mass is 32.1. The molecule has 2 aromatic rings. The van der Waals surface area contributed by atoms with E-state index in [0.717, 1.165) is 38.4 Å². The molecule has 132 valence electrons. The Morgan fingerprint density at radius 2 is 1.72 bits per heavy atom. The van der Waals surface area contributed by atoms with Crippen molar-refractivity contribution in [1.82, 2.24) is 9.80 Å². The summed E-state index contributed by atoms with van der Waals surface area (Å²) < 4.78 is 13.4. The molecule has 1 fully saturated rings. The molecule has 1 aliphatic carbocycles. The molecule has 2 unspecified atom stereocenters. The first-order chi connectivity index (χ1) is 12.2. The van der Waals surface area contributed by atoms with E-state index in [4.69, 9.17) is 0 Å². The summed E-state index contributed by atoms with van der Waals surface area (Å²) in [4.78, 5) is 5.03. The Hall–Kier alpha value is -1.36. The molecule has 0 spiro atoms. The normalized spacial score (nSPS) is 24.4. The Balaban J connectivity index is 1.69. The molecular weight excluding hydrogens is 331 g/mol. The zero-order valence-corrected chi connectivity index (χ0v) is 15.6. The van der Waals surface area contributed by atoms with Crippen molar-refractivity contribution in [2.75, 3.05) is 33.2 Å². The Labute approximate surface area is 155 Å². The minimum absolute atomic E-state index is 0.164. The van der Waals surface area contributed by atoms with Crippen molar-refractivity contribution in [1.29, 1.82) is 0 Å². The van der Waals surface area contributed by atoms with Crippen molar-refractivity contribution in [2.24, 2.45) is 0 Å². The van der Waals surface area contributed by atoms with Crippen LogP contribution in [0.15, 0.2) is 42.5 Å². The maximum Gasteiger partial charge on any atom is 0.123 e. The van der Waals surface area contributed by atoms with Crippen LogP contribution in [0.3, 0.4) is 0 Å². The van der Waals surface area contributed by atoms with E-state index in [-0.39, 0.29) is 5.82 Å². The molecular formula is C21H25FN2S. The molecule has 4 heteroatoms. The average Bonchev–Trinajstić information content (AvgIpc) is 3.02. The van der Waals surface area contributed by atoms with Crippen LogP contribution in [0.4, 0.5) is 4.39 Å². The third-order valence-corrected chi connectivity index (χ3v) is 6.14. The van der Waals surface area contributed by atoms with Gasteiger partial charge in [-0.3, -0.25) is 4.90 Å². The molecule has 2 aliphatic rings. The van der Waals surface area contributed by atoms with Gasteiger partial charge in [0.1, 0.15) is 5.82 Å². The molecule has 1 heterocycles. The molecule has 0 radical (unpaired) electrons. The number of likely N-dealkylation sites (N-methyl/N-ethyl adjacent to an activating group) is 1. The number of hydrogen-bond donors (Lipinski definition) is 1. The zero-order valence-electron chi connectivity index (χ0n) is 14.7. The van der Waals surface area contributed by atoms with Crippen LogP contribution in [0.2, 0.25) is 0 Å². The molecule has 1 aliphatic heterocycles. The van der Waals surface area contributed by atoms with Crippen molar-refractivity contribution in [3.63, 3.8) is 0 Å². The van der Waals surface area contributed by atoms with Crippen LogP contribution >= 0.6 is 12.6 Å². The second-order valence-corrected chi connectivity index (χ2v) is 7.63. The number of thiol groups is 1.